The van der Waals surface area contributed by atoms with Crippen LogP contribution in [0.4, 0.5) is 8.78 Å². The van der Waals surface area contributed by atoms with Crippen molar-refractivity contribution in [1.29, 1.82) is 0 Å². The lowest BCUT2D eigenvalue weighted by Gasteiger charge is -2.15. The van der Waals surface area contributed by atoms with Crippen molar-refractivity contribution >= 4 is 31.9 Å². The van der Waals surface area contributed by atoms with Crippen molar-refractivity contribution in [3.63, 3.8) is 0 Å². The summed E-state index contributed by atoms with van der Waals surface area (Å²) in [6.07, 6.45) is -0.0960. The van der Waals surface area contributed by atoms with Crippen LogP contribution >= 0.6 is 15.9 Å². The molecule has 5 nitrogen and oxygen atoms in total. The van der Waals surface area contributed by atoms with Crippen LogP contribution in [-0.4, -0.2) is 20.9 Å². The zero-order chi connectivity index (χ0) is 19.3. The van der Waals surface area contributed by atoms with E-state index in [1.165, 1.54) is 18.2 Å². The molecule has 0 fully saturated rings. The van der Waals surface area contributed by atoms with E-state index < -0.39 is 33.6 Å². The number of hydrogen-bond donors (Lipinski definition) is 2. The Kier molecular flexibility index (Phi) is 6.85. The van der Waals surface area contributed by atoms with Crippen LogP contribution in [-0.2, 0) is 14.8 Å². The molecule has 2 aromatic rings. The van der Waals surface area contributed by atoms with Gasteiger partial charge in [-0.1, -0.05) is 28.1 Å². The molecule has 0 aliphatic heterocycles. The molecule has 0 aliphatic rings. The van der Waals surface area contributed by atoms with E-state index >= 15 is 0 Å². The van der Waals surface area contributed by atoms with Crippen molar-refractivity contribution in [1.82, 2.24) is 10.0 Å². The first-order chi connectivity index (χ1) is 12.2. The third kappa shape index (κ3) is 5.58. The van der Waals surface area contributed by atoms with Crippen LogP contribution in [0.15, 0.2) is 51.8 Å². The Morgan fingerprint density at radius 2 is 1.88 bits per heavy atom. The largest absolute Gasteiger partial charge is 0.350 e. The number of sulfonamides is 1. The number of carbonyl (C=O) groups excluding carboxylic acids is 1. The zero-order valence-corrected chi connectivity index (χ0v) is 16.2. The highest BCUT2D eigenvalue weighted by Crippen LogP contribution is 2.17. The minimum absolute atomic E-state index is 0.0856. The fraction of sp³-hybridized carbons (Fsp3) is 0.235. The van der Waals surface area contributed by atoms with E-state index in [9.17, 15) is 22.0 Å². The lowest BCUT2D eigenvalue weighted by atomic mass is 10.1. The van der Waals surface area contributed by atoms with Gasteiger partial charge in [-0.05, 0) is 42.8 Å². The van der Waals surface area contributed by atoms with Gasteiger partial charge in [0.2, 0.25) is 15.9 Å². The number of amides is 1. The molecule has 1 amide bonds. The number of halogens is 3. The highest BCUT2D eigenvalue weighted by atomic mass is 79.9. The summed E-state index contributed by atoms with van der Waals surface area (Å²) in [5.41, 5.74) is 0.409. The predicted octanol–water partition coefficient (Wildman–Crippen LogP) is 3.27. The maximum absolute atomic E-state index is 13.2. The molecule has 1 atom stereocenters. The SMILES string of the molecule is CC(NC(=O)CCNS(=O)(=O)c1cccc(Br)c1)c1ccc(F)c(F)c1. The van der Waals surface area contributed by atoms with E-state index in [0.717, 1.165) is 12.1 Å². The summed E-state index contributed by atoms with van der Waals surface area (Å²) in [4.78, 5) is 12.0. The maximum Gasteiger partial charge on any atom is 0.240 e. The molecule has 2 rings (SSSR count). The Morgan fingerprint density at radius 3 is 2.54 bits per heavy atom. The van der Waals surface area contributed by atoms with Crippen molar-refractivity contribution < 1.29 is 22.0 Å². The molecule has 0 bridgehead atoms. The molecule has 0 heterocycles. The second-order valence-corrected chi connectivity index (χ2v) is 8.25. The summed E-state index contributed by atoms with van der Waals surface area (Å²) in [5.74, 6) is -2.38. The Labute approximate surface area is 159 Å². The van der Waals surface area contributed by atoms with Crippen molar-refractivity contribution in [2.24, 2.45) is 0 Å². The molecule has 26 heavy (non-hydrogen) atoms. The minimum atomic E-state index is -3.72. The van der Waals surface area contributed by atoms with Gasteiger partial charge < -0.3 is 5.32 Å². The smallest absolute Gasteiger partial charge is 0.240 e. The van der Waals surface area contributed by atoms with Crippen LogP contribution in [0.25, 0.3) is 0 Å². The van der Waals surface area contributed by atoms with Gasteiger partial charge in [-0.3, -0.25) is 4.79 Å². The molecule has 0 spiro atoms. The summed E-state index contributed by atoms with van der Waals surface area (Å²) < 4.78 is 53.4. The van der Waals surface area contributed by atoms with Crippen LogP contribution in [0.5, 0.6) is 0 Å². The van der Waals surface area contributed by atoms with Crippen molar-refractivity contribution in [3.05, 3.63) is 64.1 Å². The molecule has 0 saturated heterocycles. The molecule has 0 radical (unpaired) electrons. The van der Waals surface area contributed by atoms with Gasteiger partial charge in [0.15, 0.2) is 11.6 Å². The van der Waals surface area contributed by atoms with E-state index in [2.05, 4.69) is 26.0 Å². The van der Waals surface area contributed by atoms with Crippen molar-refractivity contribution in [2.45, 2.75) is 24.3 Å². The zero-order valence-electron chi connectivity index (χ0n) is 13.8. The topological polar surface area (TPSA) is 75.3 Å². The fourth-order valence-electron chi connectivity index (χ4n) is 2.20. The van der Waals surface area contributed by atoms with E-state index in [4.69, 9.17) is 0 Å². The summed E-state index contributed by atoms with van der Waals surface area (Å²) in [7, 11) is -3.72. The van der Waals surface area contributed by atoms with E-state index in [1.807, 2.05) is 0 Å². The standard InChI is InChI=1S/C17H17BrF2N2O3S/c1-11(12-5-6-15(19)16(20)9-12)22-17(23)7-8-21-26(24,25)14-4-2-3-13(18)10-14/h2-6,9-11,21H,7-8H2,1H3,(H,22,23). The van der Waals surface area contributed by atoms with Crippen LogP contribution in [0, 0.1) is 11.6 Å². The Hall–Kier alpha value is -1.84. The summed E-state index contributed by atoms with van der Waals surface area (Å²) in [5, 5.41) is 2.61. The van der Waals surface area contributed by atoms with Crippen molar-refractivity contribution in [2.75, 3.05) is 6.54 Å². The average Bonchev–Trinajstić information content (AvgIpc) is 2.57. The highest BCUT2D eigenvalue weighted by molar-refractivity contribution is 9.10. The molecule has 9 heteroatoms. The molecule has 2 aromatic carbocycles. The second-order valence-electron chi connectivity index (χ2n) is 5.57. The number of rotatable bonds is 7. The van der Waals surface area contributed by atoms with Gasteiger partial charge in [-0.2, -0.15) is 0 Å². The first-order valence-corrected chi connectivity index (χ1v) is 9.96. The second kappa shape index (κ2) is 8.70. The number of nitrogens with one attached hydrogen (secondary N) is 2. The van der Waals surface area contributed by atoms with Gasteiger partial charge in [0.05, 0.1) is 10.9 Å². The lowest BCUT2D eigenvalue weighted by molar-refractivity contribution is -0.121. The van der Waals surface area contributed by atoms with Crippen LogP contribution in [0.3, 0.4) is 0 Å². The predicted molar refractivity (Wildman–Crippen MR) is 96.9 cm³/mol. The first-order valence-electron chi connectivity index (χ1n) is 7.68. The monoisotopic (exact) mass is 446 g/mol. The van der Waals surface area contributed by atoms with Crippen LogP contribution < -0.4 is 10.0 Å². The van der Waals surface area contributed by atoms with E-state index in [-0.39, 0.29) is 17.9 Å². The van der Waals surface area contributed by atoms with Gasteiger partial charge in [0.25, 0.3) is 0 Å². The molecular formula is C17H17BrF2N2O3S. The quantitative estimate of drug-likeness (QED) is 0.685. The number of hydrogen-bond acceptors (Lipinski definition) is 3. The van der Waals surface area contributed by atoms with E-state index in [0.29, 0.717) is 10.0 Å². The Bertz CT molecular complexity index is 907. The minimum Gasteiger partial charge on any atom is -0.350 e. The van der Waals surface area contributed by atoms with Gasteiger partial charge in [0.1, 0.15) is 0 Å². The molecule has 0 aromatic heterocycles. The molecule has 0 saturated carbocycles. The number of benzene rings is 2. The highest BCUT2D eigenvalue weighted by Gasteiger charge is 2.16. The average molecular weight is 447 g/mol. The lowest BCUT2D eigenvalue weighted by Crippen LogP contribution is -2.32. The molecule has 0 aliphatic carbocycles. The summed E-state index contributed by atoms with van der Waals surface area (Å²) in [6, 6.07) is 9.02. The van der Waals surface area contributed by atoms with Gasteiger partial charge in [-0.25, -0.2) is 21.9 Å². The molecule has 2 N–H and O–H groups in total. The fourth-order valence-corrected chi connectivity index (χ4v) is 3.82. The van der Waals surface area contributed by atoms with Crippen LogP contribution in [0.1, 0.15) is 24.9 Å². The summed E-state index contributed by atoms with van der Waals surface area (Å²) in [6.45, 7) is 1.53. The third-order valence-electron chi connectivity index (χ3n) is 3.57. The normalized spacial score (nSPS) is 12.6. The molecule has 1 unspecified atom stereocenters. The van der Waals surface area contributed by atoms with Crippen LogP contribution in [0.2, 0.25) is 0 Å². The number of carbonyl (C=O) groups is 1. The Morgan fingerprint density at radius 1 is 1.15 bits per heavy atom. The van der Waals surface area contributed by atoms with Crippen molar-refractivity contribution in [3.8, 4) is 0 Å². The summed E-state index contributed by atoms with van der Waals surface area (Å²) >= 11 is 3.20. The molecule has 140 valence electrons. The molecular weight excluding hydrogens is 430 g/mol. The maximum atomic E-state index is 13.2. The van der Waals surface area contributed by atoms with Gasteiger partial charge in [0, 0.05) is 17.4 Å². The Balaban J connectivity index is 1.87. The third-order valence-corrected chi connectivity index (χ3v) is 5.52. The van der Waals surface area contributed by atoms with E-state index in [1.54, 1.807) is 19.1 Å². The van der Waals surface area contributed by atoms with Gasteiger partial charge in [-0.15, -0.1) is 0 Å². The first kappa shape index (κ1) is 20.5. The van der Waals surface area contributed by atoms with Gasteiger partial charge >= 0.3 is 0 Å².